The molecule has 0 radical (unpaired) electrons. The molecule has 0 unspecified atom stereocenters. The normalized spacial score (nSPS) is 13.9. The number of non-ortho nitro benzene ring substituents is 1. The number of hydrogen-bond donors (Lipinski definition) is 1. The standard InChI is InChI=1S/C19H19N3O4/c23-18(14-6-5-9-17(13-14)22(25)26)20-16-8-4-7-15(12-16)19(24)21-10-2-1-3-11-21/h4-9,12-13H,1-3,10-11H2,(H,20,23). The van der Waals surface area contributed by atoms with Crippen molar-refractivity contribution < 1.29 is 14.5 Å². The molecule has 26 heavy (non-hydrogen) atoms. The van der Waals surface area contributed by atoms with Gasteiger partial charge in [-0.2, -0.15) is 0 Å². The molecule has 0 aliphatic carbocycles. The Kier molecular flexibility index (Phi) is 5.26. The molecule has 1 aliphatic rings. The van der Waals surface area contributed by atoms with Gasteiger partial charge < -0.3 is 10.2 Å². The lowest BCUT2D eigenvalue weighted by Crippen LogP contribution is -2.35. The summed E-state index contributed by atoms with van der Waals surface area (Å²) in [7, 11) is 0. The number of rotatable bonds is 4. The van der Waals surface area contributed by atoms with Gasteiger partial charge >= 0.3 is 0 Å². The molecule has 2 aromatic rings. The van der Waals surface area contributed by atoms with Gasteiger partial charge in [-0.3, -0.25) is 19.7 Å². The van der Waals surface area contributed by atoms with E-state index in [0.29, 0.717) is 11.3 Å². The van der Waals surface area contributed by atoms with Crippen molar-refractivity contribution in [3.05, 3.63) is 69.8 Å². The van der Waals surface area contributed by atoms with Crippen LogP contribution in [0.1, 0.15) is 40.0 Å². The van der Waals surface area contributed by atoms with E-state index < -0.39 is 10.8 Å². The summed E-state index contributed by atoms with van der Waals surface area (Å²) in [4.78, 5) is 37.0. The van der Waals surface area contributed by atoms with Crippen LogP contribution in [0.3, 0.4) is 0 Å². The van der Waals surface area contributed by atoms with E-state index in [2.05, 4.69) is 5.32 Å². The number of likely N-dealkylation sites (tertiary alicyclic amines) is 1. The molecule has 1 saturated heterocycles. The number of benzene rings is 2. The van der Waals surface area contributed by atoms with Crippen LogP contribution in [0, 0.1) is 10.1 Å². The van der Waals surface area contributed by atoms with E-state index in [1.54, 1.807) is 24.3 Å². The van der Waals surface area contributed by atoms with Gasteiger partial charge in [0.15, 0.2) is 0 Å². The van der Waals surface area contributed by atoms with Crippen LogP contribution in [-0.4, -0.2) is 34.7 Å². The Morgan fingerprint density at radius 3 is 2.38 bits per heavy atom. The van der Waals surface area contributed by atoms with Crippen molar-refractivity contribution in [1.82, 2.24) is 4.90 Å². The highest BCUT2D eigenvalue weighted by atomic mass is 16.6. The van der Waals surface area contributed by atoms with Gasteiger partial charge in [-0.1, -0.05) is 12.1 Å². The molecule has 1 N–H and O–H groups in total. The number of carbonyl (C=O) groups excluding carboxylic acids is 2. The van der Waals surface area contributed by atoms with E-state index in [4.69, 9.17) is 0 Å². The first-order valence-corrected chi connectivity index (χ1v) is 8.50. The van der Waals surface area contributed by atoms with Crippen LogP contribution in [0.25, 0.3) is 0 Å². The molecule has 0 spiro atoms. The maximum absolute atomic E-state index is 12.6. The fourth-order valence-electron chi connectivity index (χ4n) is 2.97. The first-order valence-electron chi connectivity index (χ1n) is 8.50. The third-order valence-electron chi connectivity index (χ3n) is 4.33. The molecule has 1 fully saturated rings. The minimum Gasteiger partial charge on any atom is -0.339 e. The van der Waals surface area contributed by atoms with Crippen molar-refractivity contribution in [1.29, 1.82) is 0 Å². The molecule has 3 rings (SSSR count). The average molecular weight is 353 g/mol. The number of carbonyl (C=O) groups is 2. The van der Waals surface area contributed by atoms with Crippen LogP contribution in [0.4, 0.5) is 11.4 Å². The first kappa shape index (κ1) is 17.6. The van der Waals surface area contributed by atoms with E-state index in [1.807, 2.05) is 4.90 Å². The van der Waals surface area contributed by atoms with Gasteiger partial charge in [0, 0.05) is 42.0 Å². The van der Waals surface area contributed by atoms with Crippen LogP contribution >= 0.6 is 0 Å². The summed E-state index contributed by atoms with van der Waals surface area (Å²) in [6, 6.07) is 12.3. The summed E-state index contributed by atoms with van der Waals surface area (Å²) in [6.45, 7) is 1.51. The lowest BCUT2D eigenvalue weighted by Gasteiger charge is -2.26. The SMILES string of the molecule is O=C(Nc1cccc(C(=O)N2CCCCC2)c1)c1cccc([N+](=O)[O-])c1. The second kappa shape index (κ2) is 7.77. The van der Waals surface area contributed by atoms with E-state index in [-0.39, 0.29) is 17.2 Å². The number of nitrogens with one attached hydrogen (secondary N) is 1. The van der Waals surface area contributed by atoms with Crippen molar-refractivity contribution in [2.75, 3.05) is 18.4 Å². The van der Waals surface area contributed by atoms with E-state index in [0.717, 1.165) is 32.4 Å². The summed E-state index contributed by atoms with van der Waals surface area (Å²) in [5.41, 5.74) is 1.03. The molecular formula is C19H19N3O4. The Hall–Kier alpha value is -3.22. The lowest BCUT2D eigenvalue weighted by atomic mass is 10.1. The van der Waals surface area contributed by atoms with Gasteiger partial charge in [-0.15, -0.1) is 0 Å². The Labute approximate surface area is 150 Å². The molecule has 2 aromatic carbocycles. The molecule has 7 nitrogen and oxygen atoms in total. The smallest absolute Gasteiger partial charge is 0.270 e. The van der Waals surface area contributed by atoms with Gasteiger partial charge in [0.1, 0.15) is 0 Å². The van der Waals surface area contributed by atoms with Crippen molar-refractivity contribution >= 4 is 23.2 Å². The van der Waals surface area contributed by atoms with E-state index in [1.165, 1.54) is 24.3 Å². The Morgan fingerprint density at radius 1 is 0.962 bits per heavy atom. The van der Waals surface area contributed by atoms with Crippen molar-refractivity contribution in [3.63, 3.8) is 0 Å². The second-order valence-electron chi connectivity index (χ2n) is 6.20. The lowest BCUT2D eigenvalue weighted by molar-refractivity contribution is -0.384. The molecule has 0 bridgehead atoms. The molecule has 0 saturated carbocycles. The minimum atomic E-state index is -0.547. The topological polar surface area (TPSA) is 92.6 Å². The van der Waals surface area contributed by atoms with Gasteiger partial charge in [0.05, 0.1) is 4.92 Å². The Balaban J connectivity index is 1.74. The summed E-state index contributed by atoms with van der Waals surface area (Å²) >= 11 is 0. The van der Waals surface area contributed by atoms with Crippen LogP contribution in [-0.2, 0) is 0 Å². The monoisotopic (exact) mass is 353 g/mol. The third-order valence-corrected chi connectivity index (χ3v) is 4.33. The highest BCUT2D eigenvalue weighted by Gasteiger charge is 2.19. The zero-order valence-corrected chi connectivity index (χ0v) is 14.2. The fourth-order valence-corrected chi connectivity index (χ4v) is 2.97. The van der Waals surface area contributed by atoms with Crippen LogP contribution in [0.5, 0.6) is 0 Å². The summed E-state index contributed by atoms with van der Waals surface area (Å²) in [5.74, 6) is -0.507. The van der Waals surface area contributed by atoms with Gasteiger partial charge in [0.2, 0.25) is 0 Å². The maximum Gasteiger partial charge on any atom is 0.270 e. The Morgan fingerprint density at radius 2 is 1.65 bits per heavy atom. The quantitative estimate of drug-likeness (QED) is 0.673. The van der Waals surface area contributed by atoms with E-state index >= 15 is 0 Å². The second-order valence-corrected chi connectivity index (χ2v) is 6.20. The molecular weight excluding hydrogens is 334 g/mol. The van der Waals surface area contributed by atoms with Gasteiger partial charge in [0.25, 0.3) is 17.5 Å². The average Bonchev–Trinajstić information content (AvgIpc) is 2.68. The van der Waals surface area contributed by atoms with Crippen molar-refractivity contribution in [2.45, 2.75) is 19.3 Å². The molecule has 0 aromatic heterocycles. The predicted molar refractivity (Wildman–Crippen MR) is 97.2 cm³/mol. The molecule has 7 heteroatoms. The zero-order valence-electron chi connectivity index (χ0n) is 14.2. The predicted octanol–water partition coefficient (Wildman–Crippen LogP) is 3.47. The number of anilines is 1. The number of nitrogens with zero attached hydrogens (tertiary/aromatic N) is 2. The highest BCUT2D eigenvalue weighted by Crippen LogP contribution is 2.18. The number of piperidine rings is 1. The molecule has 134 valence electrons. The highest BCUT2D eigenvalue weighted by molar-refractivity contribution is 6.05. The maximum atomic E-state index is 12.6. The van der Waals surface area contributed by atoms with Crippen LogP contribution in [0.15, 0.2) is 48.5 Å². The van der Waals surface area contributed by atoms with Crippen molar-refractivity contribution in [2.24, 2.45) is 0 Å². The summed E-state index contributed by atoms with van der Waals surface area (Å²) < 4.78 is 0. The van der Waals surface area contributed by atoms with Crippen LogP contribution < -0.4 is 5.32 Å². The fraction of sp³-hybridized carbons (Fsp3) is 0.263. The number of amides is 2. The molecule has 2 amide bonds. The molecule has 0 atom stereocenters. The zero-order chi connectivity index (χ0) is 18.5. The summed E-state index contributed by atoms with van der Waals surface area (Å²) in [5, 5.41) is 13.5. The van der Waals surface area contributed by atoms with Gasteiger partial charge in [-0.05, 0) is 43.5 Å². The van der Waals surface area contributed by atoms with E-state index in [9.17, 15) is 19.7 Å². The molecule has 1 aliphatic heterocycles. The Bertz CT molecular complexity index is 844. The number of hydrogen-bond acceptors (Lipinski definition) is 4. The van der Waals surface area contributed by atoms with Gasteiger partial charge in [-0.25, -0.2) is 0 Å². The molecule has 1 heterocycles. The van der Waals surface area contributed by atoms with Crippen LogP contribution in [0.2, 0.25) is 0 Å². The third kappa shape index (κ3) is 4.05. The number of nitro benzene ring substituents is 1. The largest absolute Gasteiger partial charge is 0.339 e. The first-order chi connectivity index (χ1) is 12.5. The minimum absolute atomic E-state index is 0.0452. The number of nitro groups is 1. The summed E-state index contributed by atoms with van der Waals surface area (Å²) in [6.07, 6.45) is 3.16. The van der Waals surface area contributed by atoms with Crippen molar-refractivity contribution in [3.8, 4) is 0 Å².